The molecule has 1 rings (SSSR count). The van der Waals surface area contributed by atoms with Crippen LogP contribution in [0.15, 0.2) is 30.3 Å². The Morgan fingerprint density at radius 2 is 2.06 bits per heavy atom. The Labute approximate surface area is 95.7 Å². The maximum Gasteiger partial charge on any atom is 0.239 e. The van der Waals surface area contributed by atoms with E-state index in [4.69, 9.17) is 5.11 Å². The van der Waals surface area contributed by atoms with Gasteiger partial charge in [0.2, 0.25) is 5.91 Å². The fraction of sp³-hybridized carbons (Fsp3) is 0.417. The predicted octanol–water partition coefficient (Wildman–Crippen LogP) is 0.273. The molecular weight excluding hydrogens is 204 g/mol. The summed E-state index contributed by atoms with van der Waals surface area (Å²) in [7, 11) is 0. The van der Waals surface area contributed by atoms with Crippen LogP contribution < -0.4 is 10.6 Å². The zero-order valence-corrected chi connectivity index (χ0v) is 9.44. The normalized spacial score (nSPS) is 12.1. The lowest BCUT2D eigenvalue weighted by molar-refractivity contribution is -0.124. The first-order valence-corrected chi connectivity index (χ1v) is 5.43. The lowest BCUT2D eigenvalue weighted by Crippen LogP contribution is -2.46. The molecule has 1 atom stereocenters. The van der Waals surface area contributed by atoms with E-state index < -0.39 is 6.04 Å². The van der Waals surface area contributed by atoms with Crippen molar-refractivity contribution in [1.29, 1.82) is 0 Å². The molecule has 16 heavy (non-hydrogen) atoms. The van der Waals surface area contributed by atoms with Crippen molar-refractivity contribution in [1.82, 2.24) is 10.6 Å². The van der Waals surface area contributed by atoms with Crippen molar-refractivity contribution in [3.63, 3.8) is 0 Å². The molecule has 0 aromatic heterocycles. The van der Waals surface area contributed by atoms with Gasteiger partial charge >= 0.3 is 0 Å². The highest BCUT2D eigenvalue weighted by Gasteiger charge is 2.15. The molecule has 0 aliphatic carbocycles. The van der Waals surface area contributed by atoms with Crippen molar-refractivity contribution in [3.8, 4) is 0 Å². The molecule has 1 aromatic carbocycles. The number of likely N-dealkylation sites (N-methyl/N-ethyl adjacent to an activating group) is 1. The number of rotatable bonds is 6. The smallest absolute Gasteiger partial charge is 0.239 e. The van der Waals surface area contributed by atoms with Crippen LogP contribution in [-0.4, -0.2) is 30.2 Å². The second-order valence-corrected chi connectivity index (χ2v) is 3.50. The summed E-state index contributed by atoms with van der Waals surface area (Å²) in [6, 6.07) is 9.23. The summed E-state index contributed by atoms with van der Waals surface area (Å²) in [6.07, 6.45) is 0. The number of amides is 1. The van der Waals surface area contributed by atoms with Crippen molar-refractivity contribution in [3.05, 3.63) is 35.9 Å². The standard InChI is InChI=1S/C12H18N2O2/c1-2-13-12(16)11(9-15)14-8-10-6-4-3-5-7-10/h3-7,11,14-15H,2,8-9H2,1H3,(H,13,16)/t11-/m0/s1. The SMILES string of the molecule is CCNC(=O)[C@H](CO)NCc1ccccc1. The van der Waals surface area contributed by atoms with Gasteiger partial charge in [0.1, 0.15) is 6.04 Å². The number of aliphatic hydroxyl groups excluding tert-OH is 1. The highest BCUT2D eigenvalue weighted by molar-refractivity contribution is 5.81. The summed E-state index contributed by atoms with van der Waals surface area (Å²) in [5, 5.41) is 14.8. The van der Waals surface area contributed by atoms with Crippen LogP contribution >= 0.6 is 0 Å². The minimum Gasteiger partial charge on any atom is -0.394 e. The Hall–Kier alpha value is -1.39. The van der Waals surface area contributed by atoms with Crippen molar-refractivity contribution < 1.29 is 9.90 Å². The fourth-order valence-electron chi connectivity index (χ4n) is 1.37. The highest BCUT2D eigenvalue weighted by Crippen LogP contribution is 1.98. The Kier molecular flexibility index (Phi) is 5.53. The first-order chi connectivity index (χ1) is 7.77. The molecule has 3 N–H and O–H groups in total. The molecule has 0 bridgehead atoms. The van der Waals surface area contributed by atoms with Gasteiger partial charge in [-0.25, -0.2) is 0 Å². The number of nitrogens with one attached hydrogen (secondary N) is 2. The summed E-state index contributed by atoms with van der Waals surface area (Å²) < 4.78 is 0. The molecule has 88 valence electrons. The third kappa shape index (κ3) is 4.00. The monoisotopic (exact) mass is 222 g/mol. The van der Waals surface area contributed by atoms with E-state index >= 15 is 0 Å². The van der Waals surface area contributed by atoms with Gasteiger partial charge in [0.15, 0.2) is 0 Å². The maximum absolute atomic E-state index is 11.5. The second kappa shape index (κ2) is 6.98. The van der Waals surface area contributed by atoms with E-state index in [1.54, 1.807) is 0 Å². The summed E-state index contributed by atoms with van der Waals surface area (Å²) in [4.78, 5) is 11.5. The maximum atomic E-state index is 11.5. The molecular formula is C12H18N2O2. The quantitative estimate of drug-likeness (QED) is 0.647. The number of carbonyl (C=O) groups excluding carboxylic acids is 1. The molecule has 4 nitrogen and oxygen atoms in total. The number of carbonyl (C=O) groups is 1. The van der Waals surface area contributed by atoms with Crippen LogP contribution in [0.2, 0.25) is 0 Å². The van der Waals surface area contributed by atoms with Gasteiger partial charge in [-0.15, -0.1) is 0 Å². The fourth-order valence-corrected chi connectivity index (χ4v) is 1.37. The van der Waals surface area contributed by atoms with Crippen LogP contribution in [0.25, 0.3) is 0 Å². The largest absolute Gasteiger partial charge is 0.394 e. The molecule has 0 saturated heterocycles. The summed E-state index contributed by atoms with van der Waals surface area (Å²) in [5.41, 5.74) is 1.09. The Morgan fingerprint density at radius 1 is 1.38 bits per heavy atom. The average molecular weight is 222 g/mol. The van der Waals surface area contributed by atoms with Crippen LogP contribution in [0.3, 0.4) is 0 Å². The van der Waals surface area contributed by atoms with Gasteiger partial charge in [0.25, 0.3) is 0 Å². The van der Waals surface area contributed by atoms with E-state index in [-0.39, 0.29) is 12.5 Å². The van der Waals surface area contributed by atoms with Gasteiger partial charge in [0, 0.05) is 13.1 Å². The van der Waals surface area contributed by atoms with Crippen molar-refractivity contribution in [2.24, 2.45) is 0 Å². The Morgan fingerprint density at radius 3 is 2.62 bits per heavy atom. The Bertz CT molecular complexity index is 314. The molecule has 0 aliphatic heterocycles. The van der Waals surface area contributed by atoms with E-state index in [9.17, 15) is 4.79 Å². The minimum absolute atomic E-state index is 0.166. The molecule has 0 heterocycles. The van der Waals surface area contributed by atoms with E-state index in [1.165, 1.54) is 0 Å². The van der Waals surface area contributed by atoms with E-state index in [1.807, 2.05) is 37.3 Å². The van der Waals surface area contributed by atoms with Gasteiger partial charge in [-0.05, 0) is 12.5 Å². The first kappa shape index (κ1) is 12.7. The Balaban J connectivity index is 2.43. The third-order valence-electron chi connectivity index (χ3n) is 2.25. The lowest BCUT2D eigenvalue weighted by Gasteiger charge is -2.15. The summed E-state index contributed by atoms with van der Waals surface area (Å²) in [5.74, 6) is -0.166. The van der Waals surface area contributed by atoms with Gasteiger partial charge < -0.3 is 10.4 Å². The topological polar surface area (TPSA) is 61.4 Å². The molecule has 4 heteroatoms. The third-order valence-corrected chi connectivity index (χ3v) is 2.25. The molecule has 0 saturated carbocycles. The van der Waals surface area contributed by atoms with Crippen molar-refractivity contribution in [2.45, 2.75) is 19.5 Å². The van der Waals surface area contributed by atoms with E-state index in [2.05, 4.69) is 10.6 Å². The first-order valence-electron chi connectivity index (χ1n) is 5.43. The summed E-state index contributed by atoms with van der Waals surface area (Å²) in [6.45, 7) is 2.80. The van der Waals surface area contributed by atoms with E-state index in [0.717, 1.165) is 5.56 Å². The highest BCUT2D eigenvalue weighted by atomic mass is 16.3. The number of hydrogen-bond donors (Lipinski definition) is 3. The number of benzene rings is 1. The zero-order valence-electron chi connectivity index (χ0n) is 9.44. The predicted molar refractivity (Wildman–Crippen MR) is 62.8 cm³/mol. The summed E-state index contributed by atoms with van der Waals surface area (Å²) >= 11 is 0. The molecule has 0 spiro atoms. The van der Waals surface area contributed by atoms with Gasteiger partial charge in [-0.3, -0.25) is 10.1 Å². The lowest BCUT2D eigenvalue weighted by atomic mass is 10.2. The molecule has 1 amide bonds. The molecule has 1 aromatic rings. The number of aliphatic hydroxyl groups is 1. The zero-order chi connectivity index (χ0) is 11.8. The van der Waals surface area contributed by atoms with Crippen LogP contribution in [0, 0.1) is 0 Å². The average Bonchev–Trinajstić information content (AvgIpc) is 2.31. The molecule has 0 unspecified atom stereocenters. The van der Waals surface area contributed by atoms with Crippen LogP contribution in [0.1, 0.15) is 12.5 Å². The van der Waals surface area contributed by atoms with Crippen LogP contribution in [-0.2, 0) is 11.3 Å². The van der Waals surface area contributed by atoms with Gasteiger partial charge in [0.05, 0.1) is 6.61 Å². The van der Waals surface area contributed by atoms with E-state index in [0.29, 0.717) is 13.1 Å². The van der Waals surface area contributed by atoms with Gasteiger partial charge in [-0.2, -0.15) is 0 Å². The van der Waals surface area contributed by atoms with Crippen LogP contribution in [0.4, 0.5) is 0 Å². The van der Waals surface area contributed by atoms with Crippen molar-refractivity contribution in [2.75, 3.05) is 13.2 Å². The van der Waals surface area contributed by atoms with Crippen molar-refractivity contribution >= 4 is 5.91 Å². The second-order valence-electron chi connectivity index (χ2n) is 3.50. The number of hydrogen-bond acceptors (Lipinski definition) is 3. The minimum atomic E-state index is -0.542. The van der Waals surface area contributed by atoms with Gasteiger partial charge in [-0.1, -0.05) is 30.3 Å². The molecule has 0 radical (unpaired) electrons. The molecule has 0 fully saturated rings. The molecule has 0 aliphatic rings. The van der Waals surface area contributed by atoms with Crippen LogP contribution in [0.5, 0.6) is 0 Å².